The number of hydrogen-bond acceptors (Lipinski definition) is 2. The summed E-state index contributed by atoms with van der Waals surface area (Å²) in [6.07, 6.45) is 1.80. The van der Waals surface area contributed by atoms with Crippen LogP contribution in [-0.4, -0.2) is 28.4 Å². The van der Waals surface area contributed by atoms with E-state index in [2.05, 4.69) is 15.9 Å². The molecule has 1 aliphatic rings. The Morgan fingerprint density at radius 3 is 2.84 bits per heavy atom. The number of hydrogen-bond donors (Lipinski definition) is 1. The van der Waals surface area contributed by atoms with Gasteiger partial charge in [-0.15, -0.1) is 0 Å². The van der Waals surface area contributed by atoms with Crippen molar-refractivity contribution in [3.05, 3.63) is 34.3 Å². The average molecular weight is 326 g/mol. The summed E-state index contributed by atoms with van der Waals surface area (Å²) in [6, 6.07) is 7.83. The predicted octanol–water partition coefficient (Wildman–Crippen LogP) is 2.83. The van der Waals surface area contributed by atoms with Crippen LogP contribution >= 0.6 is 15.9 Å². The molecule has 1 amide bonds. The third-order valence-corrected chi connectivity index (χ3v) is 4.00. The Kier molecular flexibility index (Phi) is 4.24. The summed E-state index contributed by atoms with van der Waals surface area (Å²) < 4.78 is 0.968. The van der Waals surface area contributed by atoms with Crippen molar-refractivity contribution in [3.63, 3.8) is 0 Å². The number of halogens is 1. The molecular formula is C14H16BrNO3. The highest BCUT2D eigenvalue weighted by Gasteiger charge is 2.34. The van der Waals surface area contributed by atoms with E-state index in [0.717, 1.165) is 22.9 Å². The number of nitrogens with zero attached hydrogens (tertiary/aromatic N) is 1. The van der Waals surface area contributed by atoms with Crippen LogP contribution in [-0.2, 0) is 9.59 Å². The van der Waals surface area contributed by atoms with Crippen molar-refractivity contribution in [1.82, 2.24) is 4.90 Å². The van der Waals surface area contributed by atoms with Crippen LogP contribution in [0.3, 0.4) is 0 Å². The molecular weight excluding hydrogens is 310 g/mol. The van der Waals surface area contributed by atoms with Gasteiger partial charge < -0.3 is 10.0 Å². The van der Waals surface area contributed by atoms with Gasteiger partial charge in [0.15, 0.2) is 0 Å². The minimum absolute atomic E-state index is 0.00759. The molecule has 5 heteroatoms. The minimum Gasteiger partial charge on any atom is -0.481 e. The van der Waals surface area contributed by atoms with E-state index in [1.165, 1.54) is 6.92 Å². The molecule has 2 atom stereocenters. The highest BCUT2D eigenvalue weighted by molar-refractivity contribution is 9.10. The Morgan fingerprint density at radius 2 is 2.21 bits per heavy atom. The second-order valence-corrected chi connectivity index (χ2v) is 5.72. The van der Waals surface area contributed by atoms with Crippen molar-refractivity contribution in [2.24, 2.45) is 5.92 Å². The van der Waals surface area contributed by atoms with Crippen LogP contribution in [0, 0.1) is 5.92 Å². The number of likely N-dealkylation sites (tertiary alicyclic amines) is 1. The van der Waals surface area contributed by atoms with E-state index in [1.807, 2.05) is 24.3 Å². The molecule has 2 unspecified atom stereocenters. The third-order valence-electron chi connectivity index (χ3n) is 3.51. The van der Waals surface area contributed by atoms with Gasteiger partial charge in [0.2, 0.25) is 5.91 Å². The molecule has 0 spiro atoms. The minimum atomic E-state index is -1.06. The Hall–Kier alpha value is -1.36. The number of carbonyl (C=O) groups excluding carboxylic acids is 1. The molecule has 0 bridgehead atoms. The van der Waals surface area contributed by atoms with E-state index < -0.39 is 11.9 Å². The summed E-state index contributed by atoms with van der Waals surface area (Å²) in [5.41, 5.74) is 1.05. The molecule has 1 fully saturated rings. The summed E-state index contributed by atoms with van der Waals surface area (Å²) in [5.74, 6) is -2.34. The van der Waals surface area contributed by atoms with Crippen LogP contribution in [0.15, 0.2) is 28.7 Å². The molecule has 102 valence electrons. The van der Waals surface area contributed by atoms with E-state index >= 15 is 0 Å². The lowest BCUT2D eigenvalue weighted by atomic mass is 10.0. The first kappa shape index (κ1) is 14.1. The summed E-state index contributed by atoms with van der Waals surface area (Å²) in [7, 11) is 0. The van der Waals surface area contributed by atoms with Gasteiger partial charge in [0.05, 0.1) is 6.04 Å². The molecule has 4 nitrogen and oxygen atoms in total. The molecule has 0 radical (unpaired) electrons. The number of carboxylic acids is 1. The number of amides is 1. The zero-order valence-electron chi connectivity index (χ0n) is 10.7. The van der Waals surface area contributed by atoms with Crippen LogP contribution in [0.4, 0.5) is 0 Å². The van der Waals surface area contributed by atoms with Crippen LogP contribution < -0.4 is 0 Å². The zero-order chi connectivity index (χ0) is 14.0. The number of rotatable bonds is 3. The third kappa shape index (κ3) is 2.97. The van der Waals surface area contributed by atoms with Gasteiger partial charge in [0, 0.05) is 11.0 Å². The SMILES string of the molecule is CC(C(=O)O)C(=O)N1CCCC1c1cccc(Br)c1. The van der Waals surface area contributed by atoms with Gasteiger partial charge in [-0.3, -0.25) is 9.59 Å². The van der Waals surface area contributed by atoms with Crippen LogP contribution in [0.1, 0.15) is 31.4 Å². The second kappa shape index (κ2) is 5.74. The van der Waals surface area contributed by atoms with Crippen molar-refractivity contribution < 1.29 is 14.7 Å². The fourth-order valence-corrected chi connectivity index (χ4v) is 2.86. The monoisotopic (exact) mass is 325 g/mol. The Morgan fingerprint density at radius 1 is 1.47 bits per heavy atom. The quantitative estimate of drug-likeness (QED) is 0.869. The first-order valence-corrected chi connectivity index (χ1v) is 7.08. The van der Waals surface area contributed by atoms with E-state index in [9.17, 15) is 9.59 Å². The molecule has 1 heterocycles. The first-order chi connectivity index (χ1) is 9.00. The van der Waals surface area contributed by atoms with Gasteiger partial charge in [-0.1, -0.05) is 28.1 Å². The molecule has 1 aromatic carbocycles. The molecule has 1 aliphatic heterocycles. The van der Waals surface area contributed by atoms with E-state index in [4.69, 9.17) is 5.11 Å². The Bertz CT molecular complexity index is 503. The predicted molar refractivity (Wildman–Crippen MR) is 74.6 cm³/mol. The molecule has 19 heavy (non-hydrogen) atoms. The zero-order valence-corrected chi connectivity index (χ0v) is 12.3. The molecule has 1 saturated heterocycles. The largest absolute Gasteiger partial charge is 0.481 e. The maximum Gasteiger partial charge on any atom is 0.315 e. The lowest BCUT2D eigenvalue weighted by Gasteiger charge is -2.26. The molecule has 2 rings (SSSR count). The lowest BCUT2D eigenvalue weighted by molar-refractivity contribution is -0.150. The Labute approximate surface area is 120 Å². The van der Waals surface area contributed by atoms with Crippen LogP contribution in [0.5, 0.6) is 0 Å². The number of aliphatic carboxylic acids is 1. The van der Waals surface area contributed by atoms with Crippen molar-refractivity contribution in [2.75, 3.05) is 6.54 Å². The fourth-order valence-electron chi connectivity index (χ4n) is 2.45. The summed E-state index contributed by atoms with van der Waals surface area (Å²) in [5, 5.41) is 8.96. The van der Waals surface area contributed by atoms with Crippen molar-refractivity contribution in [2.45, 2.75) is 25.8 Å². The van der Waals surface area contributed by atoms with Gasteiger partial charge in [0.1, 0.15) is 5.92 Å². The van der Waals surface area contributed by atoms with Gasteiger partial charge in [-0.2, -0.15) is 0 Å². The van der Waals surface area contributed by atoms with Crippen molar-refractivity contribution in [1.29, 1.82) is 0 Å². The summed E-state index contributed by atoms with van der Waals surface area (Å²) in [4.78, 5) is 24.8. The summed E-state index contributed by atoms with van der Waals surface area (Å²) >= 11 is 3.42. The first-order valence-electron chi connectivity index (χ1n) is 6.29. The van der Waals surface area contributed by atoms with Gasteiger partial charge in [0.25, 0.3) is 0 Å². The van der Waals surface area contributed by atoms with Crippen LogP contribution in [0.25, 0.3) is 0 Å². The molecule has 0 aliphatic carbocycles. The number of benzene rings is 1. The lowest BCUT2D eigenvalue weighted by Crippen LogP contribution is -2.37. The van der Waals surface area contributed by atoms with Crippen molar-refractivity contribution in [3.8, 4) is 0 Å². The fraction of sp³-hybridized carbons (Fsp3) is 0.429. The maximum atomic E-state index is 12.2. The highest BCUT2D eigenvalue weighted by atomic mass is 79.9. The van der Waals surface area contributed by atoms with E-state index in [0.29, 0.717) is 6.54 Å². The number of carbonyl (C=O) groups is 2. The molecule has 0 saturated carbocycles. The van der Waals surface area contributed by atoms with Gasteiger partial charge >= 0.3 is 5.97 Å². The van der Waals surface area contributed by atoms with E-state index in [1.54, 1.807) is 4.90 Å². The summed E-state index contributed by atoms with van der Waals surface area (Å²) in [6.45, 7) is 2.08. The standard InChI is InChI=1S/C14H16BrNO3/c1-9(14(18)19)13(17)16-7-3-6-12(16)10-4-2-5-11(15)8-10/h2,4-5,8-9,12H,3,6-7H2,1H3,(H,18,19). The second-order valence-electron chi connectivity index (χ2n) is 4.80. The Balaban J connectivity index is 2.22. The van der Waals surface area contributed by atoms with E-state index in [-0.39, 0.29) is 11.9 Å². The smallest absolute Gasteiger partial charge is 0.315 e. The topological polar surface area (TPSA) is 57.6 Å². The average Bonchev–Trinajstić information content (AvgIpc) is 2.86. The maximum absolute atomic E-state index is 12.2. The number of carboxylic acid groups (broad SMARTS) is 1. The van der Waals surface area contributed by atoms with Gasteiger partial charge in [-0.05, 0) is 37.5 Å². The molecule has 1 aromatic rings. The van der Waals surface area contributed by atoms with Crippen molar-refractivity contribution >= 4 is 27.8 Å². The molecule has 1 N–H and O–H groups in total. The highest BCUT2D eigenvalue weighted by Crippen LogP contribution is 2.34. The van der Waals surface area contributed by atoms with Crippen LogP contribution in [0.2, 0.25) is 0 Å². The normalized spacial score (nSPS) is 20.3. The van der Waals surface area contributed by atoms with Gasteiger partial charge in [-0.25, -0.2) is 0 Å². The molecule has 0 aromatic heterocycles.